The van der Waals surface area contributed by atoms with Gasteiger partial charge in [-0.15, -0.1) is 0 Å². The van der Waals surface area contributed by atoms with Crippen molar-refractivity contribution in [1.82, 2.24) is 0 Å². The van der Waals surface area contributed by atoms with E-state index in [9.17, 15) is 14.4 Å². The molecular formula is C14H15O4P. The average Bonchev–Trinajstić information content (AvgIpc) is 2.39. The molecule has 0 saturated heterocycles. The molecule has 5 heteroatoms. The molecular weight excluding hydrogens is 263 g/mol. The molecule has 0 atom stereocenters. The molecule has 4 nitrogen and oxygen atoms in total. The molecule has 0 aliphatic heterocycles. The molecule has 2 aromatic carbocycles. The van der Waals surface area contributed by atoms with Crippen LogP contribution >= 0.6 is 7.60 Å². The zero-order valence-corrected chi connectivity index (χ0v) is 11.2. The molecule has 19 heavy (non-hydrogen) atoms. The second-order valence-electron chi connectivity index (χ2n) is 4.10. The Hall–Kier alpha value is -1.61. The van der Waals surface area contributed by atoms with Gasteiger partial charge < -0.3 is 14.5 Å². The Morgan fingerprint density at radius 3 is 2.26 bits per heavy atom. The Bertz CT molecular complexity index is 577. The number of para-hydroxylation sites is 1. The summed E-state index contributed by atoms with van der Waals surface area (Å²) in [6.45, 7) is 0.376. The van der Waals surface area contributed by atoms with Crippen LogP contribution in [0.2, 0.25) is 0 Å². The van der Waals surface area contributed by atoms with E-state index in [1.807, 2.05) is 30.3 Å². The lowest BCUT2D eigenvalue weighted by Crippen LogP contribution is -2.11. The minimum absolute atomic E-state index is 0.0666. The predicted octanol–water partition coefficient (Wildman–Crippen LogP) is 2.11. The van der Waals surface area contributed by atoms with E-state index in [-0.39, 0.29) is 11.1 Å². The van der Waals surface area contributed by atoms with Gasteiger partial charge in [0.2, 0.25) is 0 Å². The van der Waals surface area contributed by atoms with Gasteiger partial charge in [0.25, 0.3) is 0 Å². The van der Waals surface area contributed by atoms with Crippen LogP contribution in [0.25, 0.3) is 0 Å². The second kappa shape index (κ2) is 6.02. The molecule has 0 bridgehead atoms. The highest BCUT2D eigenvalue weighted by Gasteiger charge is 2.21. The zero-order valence-electron chi connectivity index (χ0n) is 10.3. The van der Waals surface area contributed by atoms with Crippen molar-refractivity contribution in [2.24, 2.45) is 0 Å². The third-order valence-electron chi connectivity index (χ3n) is 2.67. The monoisotopic (exact) mass is 278 g/mol. The van der Waals surface area contributed by atoms with Crippen LogP contribution in [0.15, 0.2) is 54.6 Å². The van der Waals surface area contributed by atoms with E-state index in [0.29, 0.717) is 13.0 Å². The first-order chi connectivity index (χ1) is 9.07. The summed E-state index contributed by atoms with van der Waals surface area (Å²) in [7, 11) is -4.29. The van der Waals surface area contributed by atoms with Gasteiger partial charge in [-0.3, -0.25) is 4.57 Å². The molecule has 0 saturated carbocycles. The van der Waals surface area contributed by atoms with E-state index in [4.69, 9.17) is 4.74 Å². The third kappa shape index (κ3) is 3.93. The average molecular weight is 278 g/mol. The zero-order chi connectivity index (χ0) is 13.7. The second-order valence-corrected chi connectivity index (χ2v) is 5.67. The molecule has 0 fully saturated rings. The Balaban J connectivity index is 2.02. The van der Waals surface area contributed by atoms with Gasteiger partial charge >= 0.3 is 7.60 Å². The van der Waals surface area contributed by atoms with E-state index in [2.05, 4.69) is 0 Å². The van der Waals surface area contributed by atoms with Crippen LogP contribution in [0.3, 0.4) is 0 Å². The smallest absolute Gasteiger partial charge is 0.359 e. The quantitative estimate of drug-likeness (QED) is 0.822. The third-order valence-corrected chi connectivity index (χ3v) is 3.67. The maximum absolute atomic E-state index is 11.3. The van der Waals surface area contributed by atoms with Crippen LogP contribution in [0.1, 0.15) is 5.56 Å². The summed E-state index contributed by atoms with van der Waals surface area (Å²) in [6, 6.07) is 16.0. The fourth-order valence-corrected chi connectivity index (χ4v) is 2.45. The van der Waals surface area contributed by atoms with Gasteiger partial charge in [-0.05, 0) is 17.7 Å². The molecule has 2 rings (SSSR count). The van der Waals surface area contributed by atoms with Crippen molar-refractivity contribution in [3.63, 3.8) is 0 Å². The largest absolute Gasteiger partial charge is 0.492 e. The summed E-state index contributed by atoms with van der Waals surface area (Å²) >= 11 is 0. The highest BCUT2D eigenvalue weighted by molar-refractivity contribution is 7.60. The van der Waals surface area contributed by atoms with Crippen molar-refractivity contribution in [2.45, 2.75) is 6.42 Å². The van der Waals surface area contributed by atoms with E-state index in [0.717, 1.165) is 5.56 Å². The Morgan fingerprint density at radius 1 is 0.947 bits per heavy atom. The first-order valence-corrected chi connectivity index (χ1v) is 7.50. The summed E-state index contributed by atoms with van der Waals surface area (Å²) in [5.74, 6) is 0.242. The minimum Gasteiger partial charge on any atom is -0.492 e. The fourth-order valence-electron chi connectivity index (χ4n) is 1.74. The van der Waals surface area contributed by atoms with Crippen molar-refractivity contribution >= 4 is 12.9 Å². The fraction of sp³-hybridized carbons (Fsp3) is 0.143. The summed E-state index contributed by atoms with van der Waals surface area (Å²) in [5, 5.41) is -0.0666. The predicted molar refractivity (Wildman–Crippen MR) is 73.8 cm³/mol. The van der Waals surface area contributed by atoms with Crippen molar-refractivity contribution in [1.29, 1.82) is 0 Å². The topological polar surface area (TPSA) is 66.8 Å². The highest BCUT2D eigenvalue weighted by Crippen LogP contribution is 2.37. The molecule has 0 aliphatic rings. The summed E-state index contributed by atoms with van der Waals surface area (Å²) in [4.78, 5) is 18.4. The van der Waals surface area contributed by atoms with Crippen molar-refractivity contribution in [3.8, 4) is 5.75 Å². The van der Waals surface area contributed by atoms with Gasteiger partial charge in [-0.1, -0.05) is 42.5 Å². The van der Waals surface area contributed by atoms with Gasteiger partial charge in [0.1, 0.15) is 11.1 Å². The molecule has 0 aromatic heterocycles. The van der Waals surface area contributed by atoms with Gasteiger partial charge in [-0.2, -0.15) is 0 Å². The minimum atomic E-state index is -4.29. The standard InChI is InChI=1S/C14H15O4P/c15-19(16,17)14-9-5-4-8-13(14)18-11-10-12-6-2-1-3-7-12/h1-9H,10-11H2,(H2,15,16,17). The van der Waals surface area contributed by atoms with Crippen LogP contribution in [0.5, 0.6) is 5.75 Å². The van der Waals surface area contributed by atoms with Gasteiger partial charge in [0, 0.05) is 6.42 Å². The van der Waals surface area contributed by atoms with Crippen molar-refractivity contribution < 1.29 is 19.1 Å². The van der Waals surface area contributed by atoms with Crippen LogP contribution < -0.4 is 10.0 Å². The number of hydrogen-bond acceptors (Lipinski definition) is 2. The molecule has 0 heterocycles. The van der Waals surface area contributed by atoms with Crippen molar-refractivity contribution in [3.05, 3.63) is 60.2 Å². The molecule has 2 N–H and O–H groups in total. The molecule has 2 aromatic rings. The lowest BCUT2D eigenvalue weighted by molar-refractivity contribution is 0.321. The van der Waals surface area contributed by atoms with E-state index >= 15 is 0 Å². The lowest BCUT2D eigenvalue weighted by Gasteiger charge is -2.12. The maximum Gasteiger partial charge on any atom is 0.359 e. The first-order valence-electron chi connectivity index (χ1n) is 5.89. The van der Waals surface area contributed by atoms with Crippen LogP contribution in [0, 0.1) is 0 Å². The summed E-state index contributed by atoms with van der Waals surface area (Å²) in [5.41, 5.74) is 1.12. The molecule has 0 radical (unpaired) electrons. The molecule has 0 aliphatic carbocycles. The van der Waals surface area contributed by atoms with Crippen molar-refractivity contribution in [2.75, 3.05) is 6.61 Å². The molecule has 100 valence electrons. The van der Waals surface area contributed by atoms with Crippen LogP contribution in [-0.2, 0) is 11.0 Å². The maximum atomic E-state index is 11.3. The van der Waals surface area contributed by atoms with E-state index < -0.39 is 7.60 Å². The Labute approximate surface area is 111 Å². The van der Waals surface area contributed by atoms with Gasteiger partial charge in [0.15, 0.2) is 0 Å². The summed E-state index contributed by atoms with van der Waals surface area (Å²) in [6.07, 6.45) is 0.691. The Morgan fingerprint density at radius 2 is 1.58 bits per heavy atom. The van der Waals surface area contributed by atoms with Crippen LogP contribution in [-0.4, -0.2) is 16.4 Å². The molecule has 0 amide bonds. The highest BCUT2D eigenvalue weighted by atomic mass is 31.2. The molecule has 0 spiro atoms. The first kappa shape index (κ1) is 13.8. The van der Waals surface area contributed by atoms with E-state index in [1.165, 1.54) is 6.07 Å². The number of hydrogen-bond donors (Lipinski definition) is 2. The van der Waals surface area contributed by atoms with Crippen LogP contribution in [0.4, 0.5) is 0 Å². The number of rotatable bonds is 5. The number of benzene rings is 2. The van der Waals surface area contributed by atoms with Gasteiger partial charge in [0.05, 0.1) is 6.61 Å². The lowest BCUT2D eigenvalue weighted by atomic mass is 10.2. The normalized spacial score (nSPS) is 11.3. The van der Waals surface area contributed by atoms with Gasteiger partial charge in [-0.25, -0.2) is 0 Å². The Kier molecular flexibility index (Phi) is 4.38. The van der Waals surface area contributed by atoms with E-state index in [1.54, 1.807) is 18.2 Å². The molecule has 0 unspecified atom stereocenters. The number of ether oxygens (including phenoxy) is 1. The SMILES string of the molecule is O=P(O)(O)c1ccccc1OCCc1ccccc1. The summed E-state index contributed by atoms with van der Waals surface area (Å²) < 4.78 is 16.8.